The van der Waals surface area contributed by atoms with Crippen LogP contribution in [0.4, 0.5) is 0 Å². The van der Waals surface area contributed by atoms with Crippen molar-refractivity contribution in [3.63, 3.8) is 0 Å². The second-order valence-electron chi connectivity index (χ2n) is 3.84. The van der Waals surface area contributed by atoms with Gasteiger partial charge >= 0.3 is 0 Å². The molecule has 2 heterocycles. The predicted molar refractivity (Wildman–Crippen MR) is 67.9 cm³/mol. The zero-order valence-corrected chi connectivity index (χ0v) is 10.9. The van der Waals surface area contributed by atoms with Crippen LogP contribution in [0.2, 0.25) is 0 Å². The van der Waals surface area contributed by atoms with Gasteiger partial charge in [-0.25, -0.2) is 0 Å². The molecule has 0 aliphatic rings. The third kappa shape index (κ3) is 2.89. The molecule has 0 saturated heterocycles. The summed E-state index contributed by atoms with van der Waals surface area (Å²) in [6.07, 6.45) is 6.91. The van der Waals surface area contributed by atoms with E-state index in [0.29, 0.717) is 0 Å². The molecule has 0 amide bonds. The molecule has 5 nitrogen and oxygen atoms in total. The van der Waals surface area contributed by atoms with Gasteiger partial charge in [0.05, 0.1) is 23.3 Å². The van der Waals surface area contributed by atoms with Crippen LogP contribution >= 0.6 is 11.5 Å². The predicted octanol–water partition coefficient (Wildman–Crippen LogP) is 1.84. The van der Waals surface area contributed by atoms with Gasteiger partial charge in [-0.3, -0.25) is 4.68 Å². The van der Waals surface area contributed by atoms with Gasteiger partial charge in [-0.05, 0) is 31.4 Å². The van der Waals surface area contributed by atoms with E-state index in [2.05, 4.69) is 40.0 Å². The normalized spacial score (nSPS) is 12.8. The van der Waals surface area contributed by atoms with Gasteiger partial charge in [0, 0.05) is 18.3 Å². The van der Waals surface area contributed by atoms with Crippen molar-refractivity contribution < 1.29 is 0 Å². The minimum Gasteiger partial charge on any atom is -0.305 e. The largest absolute Gasteiger partial charge is 0.305 e. The Morgan fingerprint density at radius 1 is 1.41 bits per heavy atom. The Morgan fingerprint density at radius 2 is 2.29 bits per heavy atom. The van der Waals surface area contributed by atoms with E-state index in [1.807, 2.05) is 17.1 Å². The first-order valence-electron chi connectivity index (χ1n) is 5.88. The SMILES string of the molecule is CCCNC(c1cnn(CC)c1)c1cnns1. The summed E-state index contributed by atoms with van der Waals surface area (Å²) >= 11 is 1.43. The minimum atomic E-state index is 0.162. The van der Waals surface area contributed by atoms with Crippen LogP contribution in [0.5, 0.6) is 0 Å². The average Bonchev–Trinajstić information content (AvgIpc) is 3.00. The molecule has 0 aromatic carbocycles. The number of aromatic nitrogens is 4. The maximum Gasteiger partial charge on any atom is 0.0734 e. The average molecular weight is 251 g/mol. The summed E-state index contributed by atoms with van der Waals surface area (Å²) in [5.74, 6) is 0. The summed E-state index contributed by atoms with van der Waals surface area (Å²) < 4.78 is 5.86. The standard InChI is InChI=1S/C11H17N5S/c1-3-5-12-11(10-7-13-15-17-10)9-6-14-16(4-2)8-9/h6-8,11-12H,3-5H2,1-2H3. The minimum absolute atomic E-state index is 0.162. The van der Waals surface area contributed by atoms with Gasteiger partial charge in [-0.15, -0.1) is 5.10 Å². The molecule has 17 heavy (non-hydrogen) atoms. The summed E-state index contributed by atoms with van der Waals surface area (Å²) in [6.45, 7) is 6.10. The zero-order chi connectivity index (χ0) is 12.1. The van der Waals surface area contributed by atoms with Gasteiger partial charge in [0.15, 0.2) is 0 Å². The Hall–Kier alpha value is -1.27. The van der Waals surface area contributed by atoms with Crippen molar-refractivity contribution in [2.75, 3.05) is 6.54 Å². The monoisotopic (exact) mass is 251 g/mol. The topological polar surface area (TPSA) is 55.6 Å². The van der Waals surface area contributed by atoms with Gasteiger partial charge in [-0.2, -0.15) is 5.10 Å². The molecule has 0 aliphatic heterocycles. The summed E-state index contributed by atoms with van der Waals surface area (Å²) in [7, 11) is 0. The maximum absolute atomic E-state index is 4.31. The van der Waals surface area contributed by atoms with Crippen LogP contribution in [0.25, 0.3) is 0 Å². The van der Waals surface area contributed by atoms with E-state index in [9.17, 15) is 0 Å². The zero-order valence-electron chi connectivity index (χ0n) is 10.1. The van der Waals surface area contributed by atoms with E-state index in [1.54, 1.807) is 0 Å². The van der Waals surface area contributed by atoms with E-state index >= 15 is 0 Å². The molecular weight excluding hydrogens is 234 g/mol. The van der Waals surface area contributed by atoms with Crippen LogP contribution in [0, 0.1) is 0 Å². The first-order chi connectivity index (χ1) is 8.35. The molecule has 92 valence electrons. The Morgan fingerprint density at radius 3 is 2.88 bits per heavy atom. The molecule has 0 saturated carbocycles. The number of rotatable bonds is 6. The molecule has 2 rings (SSSR count). The smallest absolute Gasteiger partial charge is 0.0734 e. The number of hydrogen-bond acceptors (Lipinski definition) is 5. The van der Waals surface area contributed by atoms with Crippen LogP contribution in [0.3, 0.4) is 0 Å². The van der Waals surface area contributed by atoms with Crippen LogP contribution in [0.1, 0.15) is 36.8 Å². The molecule has 0 bridgehead atoms. The molecule has 2 aromatic rings. The third-order valence-electron chi connectivity index (χ3n) is 2.57. The van der Waals surface area contributed by atoms with Crippen molar-refractivity contribution in [2.24, 2.45) is 0 Å². The molecule has 0 spiro atoms. The maximum atomic E-state index is 4.31. The fourth-order valence-electron chi connectivity index (χ4n) is 1.67. The molecule has 0 aliphatic carbocycles. The molecule has 6 heteroatoms. The highest BCUT2D eigenvalue weighted by atomic mass is 32.1. The van der Waals surface area contributed by atoms with Crippen molar-refractivity contribution in [2.45, 2.75) is 32.9 Å². The van der Waals surface area contributed by atoms with E-state index in [4.69, 9.17) is 0 Å². The highest BCUT2D eigenvalue weighted by molar-refractivity contribution is 7.05. The molecule has 2 aromatic heterocycles. The number of nitrogens with zero attached hydrogens (tertiary/aromatic N) is 4. The van der Waals surface area contributed by atoms with Crippen molar-refractivity contribution >= 4 is 11.5 Å². The first-order valence-corrected chi connectivity index (χ1v) is 6.65. The van der Waals surface area contributed by atoms with Crippen LogP contribution < -0.4 is 5.32 Å². The molecule has 1 N–H and O–H groups in total. The highest BCUT2D eigenvalue weighted by Crippen LogP contribution is 2.23. The lowest BCUT2D eigenvalue weighted by Gasteiger charge is -2.14. The van der Waals surface area contributed by atoms with Gasteiger partial charge < -0.3 is 5.32 Å². The van der Waals surface area contributed by atoms with E-state index in [-0.39, 0.29) is 6.04 Å². The lowest BCUT2D eigenvalue weighted by atomic mass is 10.1. The highest BCUT2D eigenvalue weighted by Gasteiger charge is 2.17. The van der Waals surface area contributed by atoms with Gasteiger partial charge in [0.1, 0.15) is 0 Å². The van der Waals surface area contributed by atoms with Crippen LogP contribution in [-0.2, 0) is 6.54 Å². The Bertz CT molecular complexity index is 436. The fourth-order valence-corrected chi connectivity index (χ4v) is 2.28. The Labute approximate surface area is 105 Å². The first kappa shape index (κ1) is 12.2. The lowest BCUT2D eigenvalue weighted by Crippen LogP contribution is -2.22. The van der Waals surface area contributed by atoms with E-state index in [0.717, 1.165) is 24.4 Å². The lowest BCUT2D eigenvalue weighted by molar-refractivity contribution is 0.602. The molecule has 0 radical (unpaired) electrons. The van der Waals surface area contributed by atoms with Gasteiger partial charge in [0.25, 0.3) is 0 Å². The van der Waals surface area contributed by atoms with Crippen LogP contribution in [-0.4, -0.2) is 25.9 Å². The number of aryl methyl sites for hydroxylation is 1. The van der Waals surface area contributed by atoms with Gasteiger partial charge in [-0.1, -0.05) is 11.4 Å². The Kier molecular flexibility index (Phi) is 4.22. The summed E-state index contributed by atoms with van der Waals surface area (Å²) in [5, 5.41) is 11.7. The van der Waals surface area contributed by atoms with Crippen molar-refractivity contribution in [1.82, 2.24) is 24.7 Å². The van der Waals surface area contributed by atoms with Gasteiger partial charge in [0.2, 0.25) is 0 Å². The summed E-state index contributed by atoms with van der Waals surface area (Å²) in [6, 6.07) is 0.162. The third-order valence-corrected chi connectivity index (χ3v) is 3.30. The van der Waals surface area contributed by atoms with E-state index < -0.39 is 0 Å². The molecular formula is C11H17N5S. The van der Waals surface area contributed by atoms with Crippen molar-refractivity contribution in [1.29, 1.82) is 0 Å². The van der Waals surface area contributed by atoms with E-state index in [1.165, 1.54) is 17.1 Å². The molecule has 1 unspecified atom stereocenters. The Balaban J connectivity index is 2.20. The molecule has 1 atom stereocenters. The summed E-state index contributed by atoms with van der Waals surface area (Å²) in [4.78, 5) is 1.13. The fraction of sp³-hybridized carbons (Fsp3) is 0.545. The second-order valence-corrected chi connectivity index (χ2v) is 4.65. The molecule has 0 fully saturated rings. The second kappa shape index (κ2) is 5.88. The number of hydrogen-bond donors (Lipinski definition) is 1. The van der Waals surface area contributed by atoms with Crippen LogP contribution in [0.15, 0.2) is 18.6 Å². The van der Waals surface area contributed by atoms with Crippen molar-refractivity contribution in [3.05, 3.63) is 29.0 Å². The quantitative estimate of drug-likeness (QED) is 0.851. The summed E-state index contributed by atoms with van der Waals surface area (Å²) in [5.41, 5.74) is 1.17. The number of nitrogens with one attached hydrogen (secondary N) is 1. The van der Waals surface area contributed by atoms with Crippen molar-refractivity contribution in [3.8, 4) is 0 Å².